The second kappa shape index (κ2) is 7.81. The van der Waals surface area contributed by atoms with Crippen LogP contribution in [0.3, 0.4) is 0 Å². The summed E-state index contributed by atoms with van der Waals surface area (Å²) in [6.07, 6.45) is 3.26. The van der Waals surface area contributed by atoms with Crippen molar-refractivity contribution in [1.82, 2.24) is 0 Å². The normalized spacial score (nSPS) is 11.5. The molecule has 0 saturated heterocycles. The Balaban J connectivity index is 4.00. The standard InChI is InChI=1S/C9H20O5Si/c1-5-6-7-8-9(10)14-15(11-2,12-3)13-4/h5-8H2,1-4H3. The molecule has 0 radical (unpaired) electrons. The van der Waals surface area contributed by atoms with E-state index in [9.17, 15) is 4.79 Å². The Bertz CT molecular complexity index is 173. The zero-order valence-corrected chi connectivity index (χ0v) is 10.9. The number of hydrogen-bond acceptors (Lipinski definition) is 5. The SMILES string of the molecule is CCCCCC(=O)O[Si](OC)(OC)OC. The number of unbranched alkanes of at least 4 members (excludes halogenated alkanes) is 2. The number of hydrogen-bond donors (Lipinski definition) is 0. The average Bonchev–Trinajstić information content (AvgIpc) is 2.26. The zero-order valence-electron chi connectivity index (χ0n) is 9.87. The molecular weight excluding hydrogens is 216 g/mol. The van der Waals surface area contributed by atoms with Gasteiger partial charge < -0.3 is 17.7 Å². The minimum atomic E-state index is -3.19. The monoisotopic (exact) mass is 236 g/mol. The minimum Gasteiger partial charge on any atom is -0.452 e. The molecule has 90 valence electrons. The van der Waals surface area contributed by atoms with Crippen molar-refractivity contribution in [3.05, 3.63) is 0 Å². The summed E-state index contributed by atoms with van der Waals surface area (Å²) in [7, 11) is 1.01. The van der Waals surface area contributed by atoms with E-state index in [2.05, 4.69) is 6.92 Å². The van der Waals surface area contributed by atoms with Crippen molar-refractivity contribution >= 4 is 15.0 Å². The van der Waals surface area contributed by atoms with Gasteiger partial charge in [-0.05, 0) is 6.42 Å². The summed E-state index contributed by atoms with van der Waals surface area (Å²) >= 11 is 0. The first-order chi connectivity index (χ1) is 7.14. The van der Waals surface area contributed by atoms with E-state index >= 15 is 0 Å². The van der Waals surface area contributed by atoms with E-state index in [1.165, 1.54) is 21.3 Å². The zero-order chi connectivity index (χ0) is 11.7. The molecule has 0 heterocycles. The van der Waals surface area contributed by atoms with Gasteiger partial charge >= 0.3 is 9.05 Å². The molecule has 6 heteroatoms. The molecule has 0 amide bonds. The first kappa shape index (κ1) is 14.6. The second-order valence-electron chi connectivity index (χ2n) is 3.04. The quantitative estimate of drug-likeness (QED) is 0.472. The Kier molecular flexibility index (Phi) is 7.58. The molecule has 0 bridgehead atoms. The maximum atomic E-state index is 11.4. The molecule has 0 aromatic carbocycles. The van der Waals surface area contributed by atoms with Crippen LogP contribution in [0.1, 0.15) is 32.6 Å². The van der Waals surface area contributed by atoms with Gasteiger partial charge in [0.25, 0.3) is 5.97 Å². The van der Waals surface area contributed by atoms with Crippen LogP contribution in [0.15, 0.2) is 0 Å². The van der Waals surface area contributed by atoms with Crippen LogP contribution < -0.4 is 0 Å². The van der Waals surface area contributed by atoms with Crippen molar-refractivity contribution in [2.75, 3.05) is 21.3 Å². The van der Waals surface area contributed by atoms with Crippen LogP contribution in [0.2, 0.25) is 0 Å². The lowest BCUT2D eigenvalue weighted by molar-refractivity contribution is -0.143. The van der Waals surface area contributed by atoms with E-state index in [0.717, 1.165) is 19.3 Å². The van der Waals surface area contributed by atoms with Crippen LogP contribution in [0.25, 0.3) is 0 Å². The fraction of sp³-hybridized carbons (Fsp3) is 0.889. The molecule has 0 aromatic rings. The largest absolute Gasteiger partial charge is 0.750 e. The highest BCUT2D eigenvalue weighted by molar-refractivity contribution is 6.55. The van der Waals surface area contributed by atoms with E-state index in [1.54, 1.807) is 0 Å². The number of carbonyl (C=O) groups excluding carboxylic acids is 1. The van der Waals surface area contributed by atoms with Crippen molar-refractivity contribution < 1.29 is 22.5 Å². The van der Waals surface area contributed by atoms with Crippen LogP contribution in [0.5, 0.6) is 0 Å². The van der Waals surface area contributed by atoms with Gasteiger partial charge in [-0.15, -0.1) is 0 Å². The van der Waals surface area contributed by atoms with E-state index < -0.39 is 9.05 Å². The highest BCUT2D eigenvalue weighted by Gasteiger charge is 2.46. The van der Waals surface area contributed by atoms with Crippen molar-refractivity contribution in [1.29, 1.82) is 0 Å². The predicted molar refractivity (Wildman–Crippen MR) is 57.0 cm³/mol. The molecule has 0 aromatic heterocycles. The van der Waals surface area contributed by atoms with E-state index in [-0.39, 0.29) is 5.97 Å². The topological polar surface area (TPSA) is 54.0 Å². The van der Waals surface area contributed by atoms with Gasteiger partial charge in [0, 0.05) is 27.8 Å². The van der Waals surface area contributed by atoms with Crippen molar-refractivity contribution in [3.8, 4) is 0 Å². The lowest BCUT2D eigenvalue weighted by atomic mass is 10.2. The molecule has 5 nitrogen and oxygen atoms in total. The predicted octanol–water partition coefficient (Wildman–Crippen LogP) is 1.48. The van der Waals surface area contributed by atoms with Gasteiger partial charge in [0.2, 0.25) is 0 Å². The number of rotatable bonds is 8. The molecule has 15 heavy (non-hydrogen) atoms. The van der Waals surface area contributed by atoms with E-state index in [0.29, 0.717) is 6.42 Å². The van der Waals surface area contributed by atoms with Crippen LogP contribution in [0, 0.1) is 0 Å². The Morgan fingerprint density at radius 1 is 1.07 bits per heavy atom. The average molecular weight is 236 g/mol. The van der Waals surface area contributed by atoms with E-state index in [1.807, 2.05) is 0 Å². The molecule has 0 aliphatic heterocycles. The molecule has 0 rings (SSSR count). The summed E-state index contributed by atoms with van der Waals surface area (Å²) in [5, 5.41) is 0. The van der Waals surface area contributed by atoms with Crippen molar-refractivity contribution in [2.45, 2.75) is 32.6 Å². The Hall–Kier alpha value is -0.433. The van der Waals surface area contributed by atoms with Gasteiger partial charge in [-0.1, -0.05) is 19.8 Å². The summed E-state index contributed by atoms with van der Waals surface area (Å²) < 4.78 is 20.0. The molecule has 0 aliphatic carbocycles. The van der Waals surface area contributed by atoms with Crippen LogP contribution in [-0.4, -0.2) is 36.3 Å². The second-order valence-corrected chi connectivity index (χ2v) is 5.47. The highest BCUT2D eigenvalue weighted by Crippen LogP contribution is 2.10. The first-order valence-corrected chi connectivity index (χ1v) is 6.64. The molecule has 0 saturated carbocycles. The minimum absolute atomic E-state index is 0.333. The Morgan fingerprint density at radius 2 is 1.60 bits per heavy atom. The summed E-state index contributed by atoms with van der Waals surface area (Å²) in [6, 6.07) is 0. The maximum absolute atomic E-state index is 11.4. The highest BCUT2D eigenvalue weighted by atomic mass is 28.4. The lowest BCUT2D eigenvalue weighted by Crippen LogP contribution is -2.48. The summed E-state index contributed by atoms with van der Waals surface area (Å²) in [5.74, 6) is -0.333. The summed E-state index contributed by atoms with van der Waals surface area (Å²) in [5.41, 5.74) is 0. The van der Waals surface area contributed by atoms with Gasteiger partial charge in [-0.25, -0.2) is 0 Å². The van der Waals surface area contributed by atoms with Crippen LogP contribution in [0.4, 0.5) is 0 Å². The Labute approximate surface area is 92.1 Å². The van der Waals surface area contributed by atoms with Crippen LogP contribution in [-0.2, 0) is 22.5 Å². The van der Waals surface area contributed by atoms with Gasteiger partial charge in [0.1, 0.15) is 0 Å². The van der Waals surface area contributed by atoms with E-state index in [4.69, 9.17) is 17.7 Å². The molecule has 0 fully saturated rings. The van der Waals surface area contributed by atoms with Gasteiger partial charge in [0.05, 0.1) is 0 Å². The molecule has 0 unspecified atom stereocenters. The third-order valence-corrected chi connectivity index (χ3v) is 3.95. The molecule has 0 atom stereocenters. The maximum Gasteiger partial charge on any atom is 0.750 e. The third kappa shape index (κ3) is 5.27. The fourth-order valence-electron chi connectivity index (χ4n) is 1.08. The molecular formula is C9H20O5Si. The van der Waals surface area contributed by atoms with Gasteiger partial charge in [0.15, 0.2) is 0 Å². The molecule has 0 spiro atoms. The first-order valence-electron chi connectivity index (χ1n) is 5.01. The Morgan fingerprint density at radius 3 is 2.00 bits per heavy atom. The third-order valence-electron chi connectivity index (χ3n) is 1.97. The fourth-order valence-corrected chi connectivity index (χ4v) is 2.22. The van der Waals surface area contributed by atoms with Crippen molar-refractivity contribution in [2.24, 2.45) is 0 Å². The lowest BCUT2D eigenvalue weighted by Gasteiger charge is -2.22. The molecule has 0 N–H and O–H groups in total. The van der Waals surface area contributed by atoms with Crippen LogP contribution >= 0.6 is 0 Å². The van der Waals surface area contributed by atoms with Crippen molar-refractivity contribution in [3.63, 3.8) is 0 Å². The smallest absolute Gasteiger partial charge is 0.452 e. The number of carbonyl (C=O) groups is 1. The summed E-state index contributed by atoms with van der Waals surface area (Å²) in [4.78, 5) is 11.4. The molecule has 0 aliphatic rings. The summed E-state index contributed by atoms with van der Waals surface area (Å²) in [6.45, 7) is 2.07. The van der Waals surface area contributed by atoms with Gasteiger partial charge in [-0.2, -0.15) is 0 Å². The van der Waals surface area contributed by atoms with Gasteiger partial charge in [-0.3, -0.25) is 4.79 Å².